The normalized spacial score (nSPS) is 13.4. The molecule has 1 aliphatic rings. The number of pyridine rings is 1. The number of carbonyl (C=O) groups excluding carboxylic acids is 1. The summed E-state index contributed by atoms with van der Waals surface area (Å²) in [5.41, 5.74) is 4.98. The first-order valence-electron chi connectivity index (χ1n) is 10.8. The molecule has 1 fully saturated rings. The predicted molar refractivity (Wildman–Crippen MR) is 124 cm³/mol. The molecule has 0 bridgehead atoms. The SMILES string of the molecule is O=C(Cc1cnc(Nc2ccc(N3CCOCC3)cc2)cc1NCc1cc(F)cc(F)c1)NO. The Kier molecular flexibility index (Phi) is 7.51. The van der Waals surface area contributed by atoms with E-state index in [2.05, 4.69) is 20.5 Å². The molecule has 1 saturated heterocycles. The van der Waals surface area contributed by atoms with Crippen molar-refractivity contribution in [2.45, 2.75) is 13.0 Å². The molecule has 3 aromatic rings. The highest BCUT2D eigenvalue weighted by atomic mass is 19.1. The second-order valence-electron chi connectivity index (χ2n) is 7.84. The number of ether oxygens (including phenoxy) is 1. The van der Waals surface area contributed by atoms with Crippen LogP contribution in [0.5, 0.6) is 0 Å². The summed E-state index contributed by atoms with van der Waals surface area (Å²) in [7, 11) is 0. The summed E-state index contributed by atoms with van der Waals surface area (Å²) in [5.74, 6) is -1.44. The second kappa shape index (κ2) is 10.9. The van der Waals surface area contributed by atoms with Crippen molar-refractivity contribution in [3.63, 3.8) is 0 Å². The standard InChI is InChI=1S/C24H25F2N5O3/c25-18-9-16(10-19(26)12-18)14-27-22-13-23(28-15-17(22)11-24(32)30-33)29-20-1-3-21(4-2-20)31-5-7-34-8-6-31/h1-4,9-10,12-13,15,33H,5-8,11,14H2,(H,30,32)(H2,27,28,29). The fraction of sp³-hybridized carbons (Fsp3) is 0.250. The fourth-order valence-electron chi connectivity index (χ4n) is 3.71. The van der Waals surface area contributed by atoms with E-state index < -0.39 is 17.5 Å². The lowest BCUT2D eigenvalue weighted by Crippen LogP contribution is -2.36. The van der Waals surface area contributed by atoms with Crippen molar-refractivity contribution >= 4 is 28.8 Å². The smallest absolute Gasteiger partial charge is 0.247 e. The number of hydrogen-bond acceptors (Lipinski definition) is 7. The molecule has 0 atom stereocenters. The van der Waals surface area contributed by atoms with E-state index in [0.717, 1.165) is 30.5 Å². The largest absolute Gasteiger partial charge is 0.381 e. The Balaban J connectivity index is 1.50. The van der Waals surface area contributed by atoms with Crippen LogP contribution >= 0.6 is 0 Å². The highest BCUT2D eigenvalue weighted by Gasteiger charge is 2.13. The monoisotopic (exact) mass is 469 g/mol. The third-order valence-electron chi connectivity index (χ3n) is 5.38. The number of anilines is 4. The molecule has 0 unspecified atom stereocenters. The number of morpholine rings is 1. The quantitative estimate of drug-likeness (QED) is 0.296. The molecule has 0 radical (unpaired) electrons. The van der Waals surface area contributed by atoms with Gasteiger partial charge in [0.05, 0.1) is 19.6 Å². The van der Waals surface area contributed by atoms with E-state index >= 15 is 0 Å². The zero-order valence-corrected chi connectivity index (χ0v) is 18.4. The van der Waals surface area contributed by atoms with E-state index in [1.807, 2.05) is 24.3 Å². The van der Waals surface area contributed by atoms with Crippen molar-refractivity contribution < 1.29 is 23.5 Å². The highest BCUT2D eigenvalue weighted by molar-refractivity contribution is 5.80. The minimum absolute atomic E-state index is 0.125. The molecule has 178 valence electrons. The fourth-order valence-corrected chi connectivity index (χ4v) is 3.71. The van der Waals surface area contributed by atoms with Crippen LogP contribution in [-0.4, -0.2) is 42.4 Å². The maximum atomic E-state index is 13.5. The van der Waals surface area contributed by atoms with Gasteiger partial charge in [-0.15, -0.1) is 0 Å². The summed E-state index contributed by atoms with van der Waals surface area (Å²) in [6.45, 7) is 3.24. The summed E-state index contributed by atoms with van der Waals surface area (Å²) in [5, 5.41) is 15.2. The molecule has 2 aromatic carbocycles. The van der Waals surface area contributed by atoms with Crippen LogP contribution < -0.4 is 21.0 Å². The summed E-state index contributed by atoms with van der Waals surface area (Å²) in [6.07, 6.45) is 1.38. The number of rotatable bonds is 8. The van der Waals surface area contributed by atoms with E-state index in [1.165, 1.54) is 18.3 Å². The van der Waals surface area contributed by atoms with E-state index in [4.69, 9.17) is 9.94 Å². The zero-order chi connectivity index (χ0) is 23.9. The Bertz CT molecular complexity index is 1120. The number of aromatic nitrogens is 1. The number of nitrogens with zero attached hydrogens (tertiary/aromatic N) is 2. The van der Waals surface area contributed by atoms with Crippen molar-refractivity contribution in [3.8, 4) is 0 Å². The van der Waals surface area contributed by atoms with Gasteiger partial charge in [-0.3, -0.25) is 10.0 Å². The molecule has 8 nitrogen and oxygen atoms in total. The number of nitrogens with one attached hydrogen (secondary N) is 3. The summed E-state index contributed by atoms with van der Waals surface area (Å²) in [4.78, 5) is 18.3. The molecule has 0 aliphatic carbocycles. The van der Waals surface area contributed by atoms with Crippen LogP contribution in [0.2, 0.25) is 0 Å². The van der Waals surface area contributed by atoms with Crippen LogP contribution in [-0.2, 0) is 22.5 Å². The van der Waals surface area contributed by atoms with Crippen molar-refractivity contribution in [2.75, 3.05) is 41.8 Å². The highest BCUT2D eigenvalue weighted by Crippen LogP contribution is 2.25. The molecular formula is C24H25F2N5O3. The van der Waals surface area contributed by atoms with Crippen LogP contribution in [0.25, 0.3) is 0 Å². The molecule has 1 amide bonds. The molecule has 4 rings (SSSR count). The minimum Gasteiger partial charge on any atom is -0.381 e. The van der Waals surface area contributed by atoms with Gasteiger partial charge in [-0.05, 0) is 42.0 Å². The summed E-state index contributed by atoms with van der Waals surface area (Å²) in [6, 6.07) is 12.9. The van der Waals surface area contributed by atoms with E-state index in [-0.39, 0.29) is 13.0 Å². The van der Waals surface area contributed by atoms with Crippen LogP contribution in [0.1, 0.15) is 11.1 Å². The van der Waals surface area contributed by atoms with Crippen LogP contribution in [0.3, 0.4) is 0 Å². The first-order chi connectivity index (χ1) is 16.5. The Hall–Kier alpha value is -3.76. The van der Waals surface area contributed by atoms with E-state index in [0.29, 0.717) is 35.8 Å². The average Bonchev–Trinajstić information content (AvgIpc) is 2.84. The van der Waals surface area contributed by atoms with Gasteiger partial charge in [-0.1, -0.05) is 0 Å². The van der Waals surface area contributed by atoms with Gasteiger partial charge >= 0.3 is 0 Å². The summed E-state index contributed by atoms with van der Waals surface area (Å²) < 4.78 is 32.4. The second-order valence-corrected chi connectivity index (χ2v) is 7.84. The van der Waals surface area contributed by atoms with Gasteiger partial charge in [0.2, 0.25) is 5.91 Å². The molecular weight excluding hydrogens is 444 g/mol. The summed E-state index contributed by atoms with van der Waals surface area (Å²) >= 11 is 0. The topological polar surface area (TPSA) is 98.8 Å². The van der Waals surface area contributed by atoms with Gasteiger partial charge in [-0.25, -0.2) is 19.2 Å². The molecule has 1 aliphatic heterocycles. The van der Waals surface area contributed by atoms with E-state index in [1.54, 1.807) is 11.5 Å². The van der Waals surface area contributed by atoms with Gasteiger partial charge < -0.3 is 20.3 Å². The Morgan fingerprint density at radius 2 is 1.76 bits per heavy atom. The minimum atomic E-state index is -0.672. The maximum absolute atomic E-state index is 13.5. The first-order valence-corrected chi connectivity index (χ1v) is 10.8. The molecule has 0 spiro atoms. The average molecular weight is 469 g/mol. The molecule has 4 N–H and O–H groups in total. The van der Waals surface area contributed by atoms with Gasteiger partial charge in [0.1, 0.15) is 17.5 Å². The molecule has 10 heteroatoms. The molecule has 1 aromatic heterocycles. The molecule has 0 saturated carbocycles. The van der Waals surface area contributed by atoms with Crippen molar-refractivity contribution in [1.29, 1.82) is 0 Å². The zero-order valence-electron chi connectivity index (χ0n) is 18.4. The van der Waals surface area contributed by atoms with Crippen LogP contribution in [0.15, 0.2) is 54.7 Å². The maximum Gasteiger partial charge on any atom is 0.247 e. The lowest BCUT2D eigenvalue weighted by atomic mass is 10.1. The number of amides is 1. The number of carbonyl (C=O) groups is 1. The Labute approximate surface area is 195 Å². The van der Waals surface area contributed by atoms with Gasteiger partial charge in [0.25, 0.3) is 0 Å². The van der Waals surface area contributed by atoms with Crippen molar-refractivity contribution in [2.24, 2.45) is 0 Å². The van der Waals surface area contributed by atoms with Crippen LogP contribution in [0.4, 0.5) is 31.7 Å². The Morgan fingerprint density at radius 3 is 2.44 bits per heavy atom. The Morgan fingerprint density at radius 1 is 1.06 bits per heavy atom. The van der Waals surface area contributed by atoms with Crippen molar-refractivity contribution in [3.05, 3.63) is 77.5 Å². The van der Waals surface area contributed by atoms with Gasteiger partial charge in [0, 0.05) is 60.6 Å². The molecule has 34 heavy (non-hydrogen) atoms. The predicted octanol–water partition coefficient (Wildman–Crippen LogP) is 3.60. The van der Waals surface area contributed by atoms with E-state index in [9.17, 15) is 13.6 Å². The first kappa shape index (κ1) is 23.4. The lowest BCUT2D eigenvalue weighted by molar-refractivity contribution is -0.128. The third-order valence-corrected chi connectivity index (χ3v) is 5.38. The number of benzene rings is 2. The van der Waals surface area contributed by atoms with Crippen LogP contribution in [0, 0.1) is 11.6 Å². The third kappa shape index (κ3) is 6.18. The van der Waals surface area contributed by atoms with Gasteiger partial charge in [0.15, 0.2) is 0 Å². The molecule has 2 heterocycles. The number of halogens is 2. The van der Waals surface area contributed by atoms with Crippen molar-refractivity contribution in [1.82, 2.24) is 10.5 Å². The van der Waals surface area contributed by atoms with Gasteiger partial charge in [-0.2, -0.15) is 0 Å². The number of hydrogen-bond donors (Lipinski definition) is 4. The number of hydroxylamine groups is 1. The lowest BCUT2D eigenvalue weighted by Gasteiger charge is -2.28.